The van der Waals surface area contributed by atoms with Gasteiger partial charge in [0.05, 0.1) is 12.8 Å². The number of anilines is 2. The van der Waals surface area contributed by atoms with Gasteiger partial charge < -0.3 is 20.7 Å². The summed E-state index contributed by atoms with van der Waals surface area (Å²) < 4.78 is 5.46. The van der Waals surface area contributed by atoms with Crippen LogP contribution in [-0.4, -0.2) is 29.8 Å². The molecule has 6 aromatic rings. The third kappa shape index (κ3) is 9.11. The van der Waals surface area contributed by atoms with Crippen LogP contribution in [0.5, 0.6) is 5.75 Å². The van der Waals surface area contributed by atoms with E-state index in [0.29, 0.717) is 38.4 Å². The van der Waals surface area contributed by atoms with Gasteiger partial charge in [-0.3, -0.25) is 14.4 Å². The first-order valence-corrected chi connectivity index (χ1v) is 17.9. The third-order valence-corrected chi connectivity index (χ3v) is 9.91. The van der Waals surface area contributed by atoms with Crippen molar-refractivity contribution in [1.29, 1.82) is 0 Å². The van der Waals surface area contributed by atoms with Crippen molar-refractivity contribution >= 4 is 69.3 Å². The van der Waals surface area contributed by atoms with Crippen LogP contribution < -0.4 is 20.7 Å². The Morgan fingerprint density at radius 2 is 1.47 bits per heavy atom. The number of nitrogens with zero attached hydrogens (tertiary/aromatic N) is 1. The van der Waals surface area contributed by atoms with E-state index in [2.05, 4.69) is 20.9 Å². The van der Waals surface area contributed by atoms with Crippen molar-refractivity contribution in [2.24, 2.45) is 0 Å². The minimum Gasteiger partial charge on any atom is -0.496 e. The second-order valence-electron chi connectivity index (χ2n) is 11.0. The van der Waals surface area contributed by atoms with Crippen molar-refractivity contribution in [3.8, 4) is 17.0 Å². The van der Waals surface area contributed by atoms with E-state index in [1.165, 1.54) is 30.2 Å². The van der Waals surface area contributed by atoms with Crippen molar-refractivity contribution in [2.45, 2.75) is 10.1 Å². The maximum absolute atomic E-state index is 13.7. The fourth-order valence-electron chi connectivity index (χ4n) is 5.03. The van der Waals surface area contributed by atoms with Crippen LogP contribution in [0.3, 0.4) is 0 Å². The molecule has 51 heavy (non-hydrogen) atoms. The van der Waals surface area contributed by atoms with E-state index in [-0.39, 0.29) is 11.6 Å². The number of ether oxygens (including phenoxy) is 1. The molecule has 0 saturated heterocycles. The fraction of sp³-hybridized carbons (Fsp3) is 0.0500. The lowest BCUT2D eigenvalue weighted by molar-refractivity contribution is -0.116. The number of carbonyl (C=O) groups is 3. The summed E-state index contributed by atoms with van der Waals surface area (Å²) in [5.41, 5.74) is 3.85. The molecule has 0 fully saturated rings. The maximum atomic E-state index is 13.7. The van der Waals surface area contributed by atoms with E-state index >= 15 is 0 Å². The molecule has 6 rings (SSSR count). The molecule has 0 aliphatic rings. The summed E-state index contributed by atoms with van der Waals surface area (Å²) in [6.07, 6.45) is 1.57. The molecule has 0 aliphatic heterocycles. The zero-order valence-electron chi connectivity index (χ0n) is 27.2. The lowest BCUT2D eigenvalue weighted by Crippen LogP contribution is -2.30. The van der Waals surface area contributed by atoms with Crippen molar-refractivity contribution < 1.29 is 19.1 Å². The summed E-state index contributed by atoms with van der Waals surface area (Å²) in [5.74, 6) is -0.636. The maximum Gasteiger partial charge on any atom is 0.272 e. The molecule has 0 spiro atoms. The van der Waals surface area contributed by atoms with Gasteiger partial charge in [-0.05, 0) is 60.2 Å². The Morgan fingerprint density at radius 1 is 0.804 bits per heavy atom. The molecule has 3 N–H and O–H groups in total. The number of para-hydroxylation sites is 1. The number of carbonyl (C=O) groups excluding carboxylic acids is 3. The summed E-state index contributed by atoms with van der Waals surface area (Å²) in [6, 6.07) is 39.9. The molecule has 1 heterocycles. The van der Waals surface area contributed by atoms with Crippen LogP contribution in [0.4, 0.5) is 10.8 Å². The van der Waals surface area contributed by atoms with Crippen molar-refractivity contribution in [3.63, 3.8) is 0 Å². The predicted octanol–water partition coefficient (Wildman–Crippen LogP) is 9.35. The Labute approximate surface area is 308 Å². The van der Waals surface area contributed by atoms with Crippen LogP contribution in [0.1, 0.15) is 26.7 Å². The van der Waals surface area contributed by atoms with Gasteiger partial charge in [0.15, 0.2) is 5.13 Å². The van der Waals surface area contributed by atoms with E-state index < -0.39 is 17.1 Å². The number of hydrogen-bond donors (Lipinski definition) is 3. The fourth-order valence-corrected chi connectivity index (χ4v) is 7.00. The number of methoxy groups -OCH3 is 1. The van der Waals surface area contributed by atoms with E-state index in [4.69, 9.17) is 16.3 Å². The molecule has 0 saturated carbocycles. The highest BCUT2D eigenvalue weighted by molar-refractivity contribution is 8.00. The Balaban J connectivity index is 1.18. The summed E-state index contributed by atoms with van der Waals surface area (Å²) >= 11 is 9.06. The van der Waals surface area contributed by atoms with E-state index in [9.17, 15) is 14.4 Å². The second-order valence-corrected chi connectivity index (χ2v) is 13.5. The molecule has 1 aromatic heterocycles. The first-order chi connectivity index (χ1) is 24.9. The number of rotatable bonds is 12. The van der Waals surface area contributed by atoms with Crippen molar-refractivity contribution in [2.75, 3.05) is 17.7 Å². The number of thiazole rings is 1. The van der Waals surface area contributed by atoms with Crippen LogP contribution in [-0.2, 0) is 9.59 Å². The number of aromatic nitrogens is 1. The average molecular weight is 731 g/mol. The van der Waals surface area contributed by atoms with Gasteiger partial charge in [-0.15, -0.1) is 23.1 Å². The SMILES string of the molecule is COc1ccccc1/C=C(\NC(=O)c1ccccc1)C(=O)Nc1ccc(SC(C(=O)Nc2nc(-c3ccccc3Cl)cs2)c2ccccc2)cc1. The number of hydrogen-bond acceptors (Lipinski definition) is 7. The van der Waals surface area contributed by atoms with Gasteiger partial charge in [-0.1, -0.05) is 96.5 Å². The normalized spacial score (nSPS) is 11.7. The molecule has 1 unspecified atom stereocenters. The van der Waals surface area contributed by atoms with Gasteiger partial charge in [0.1, 0.15) is 16.7 Å². The van der Waals surface area contributed by atoms with Gasteiger partial charge in [0, 0.05) is 37.7 Å². The number of benzene rings is 5. The molecule has 1 atom stereocenters. The molecular formula is C40H31ClN4O4S2. The van der Waals surface area contributed by atoms with Crippen LogP contribution in [0.25, 0.3) is 17.3 Å². The van der Waals surface area contributed by atoms with Crippen LogP contribution in [0, 0.1) is 0 Å². The third-order valence-electron chi connectivity index (χ3n) is 7.56. The van der Waals surface area contributed by atoms with Crippen LogP contribution in [0.2, 0.25) is 5.02 Å². The quantitative estimate of drug-likeness (QED) is 0.0856. The highest BCUT2D eigenvalue weighted by atomic mass is 35.5. The molecule has 254 valence electrons. The smallest absolute Gasteiger partial charge is 0.272 e. The Kier molecular flexibility index (Phi) is 11.6. The Hall–Kier alpha value is -5.68. The highest BCUT2D eigenvalue weighted by Gasteiger charge is 2.24. The van der Waals surface area contributed by atoms with Crippen LogP contribution >= 0.6 is 34.7 Å². The first-order valence-electron chi connectivity index (χ1n) is 15.7. The predicted molar refractivity (Wildman–Crippen MR) is 206 cm³/mol. The highest BCUT2D eigenvalue weighted by Crippen LogP contribution is 2.38. The standard InChI is InChI=1S/C40H31ClN4O4S2/c1-49-35-19-11-8-16-28(35)24-33(43-37(46)27-14-6-3-7-15-27)38(47)42-29-20-22-30(23-21-29)51-36(26-12-4-2-5-13-26)39(48)45-40-44-34(25-50-40)31-17-9-10-18-32(31)41/h2-25,36H,1H3,(H,42,47)(H,43,46)(H,44,45,48)/b33-24-. The van der Waals surface area contributed by atoms with Gasteiger partial charge in [-0.2, -0.15) is 0 Å². The molecular weight excluding hydrogens is 700 g/mol. The van der Waals surface area contributed by atoms with E-state index in [0.717, 1.165) is 16.0 Å². The summed E-state index contributed by atoms with van der Waals surface area (Å²) in [6.45, 7) is 0. The number of amides is 3. The van der Waals surface area contributed by atoms with Crippen molar-refractivity contribution in [1.82, 2.24) is 10.3 Å². The lowest BCUT2D eigenvalue weighted by Gasteiger charge is -2.17. The zero-order chi connectivity index (χ0) is 35.6. The second kappa shape index (κ2) is 16.8. The molecule has 3 amide bonds. The largest absolute Gasteiger partial charge is 0.496 e. The molecule has 0 aliphatic carbocycles. The minimum absolute atomic E-state index is 0.0347. The molecule has 0 bridgehead atoms. The van der Waals surface area contributed by atoms with Crippen LogP contribution in [0.15, 0.2) is 149 Å². The zero-order valence-corrected chi connectivity index (χ0v) is 29.6. The number of nitrogens with one attached hydrogen (secondary N) is 3. The monoisotopic (exact) mass is 730 g/mol. The van der Waals surface area contributed by atoms with E-state index in [1.807, 2.05) is 84.2 Å². The summed E-state index contributed by atoms with van der Waals surface area (Å²) in [5, 5.41) is 10.9. The van der Waals surface area contributed by atoms with Crippen molar-refractivity contribution in [3.05, 3.63) is 166 Å². The minimum atomic E-state index is -0.595. The average Bonchev–Trinajstić information content (AvgIpc) is 3.63. The molecule has 0 radical (unpaired) electrons. The number of thioether (sulfide) groups is 1. The number of halogens is 1. The van der Waals surface area contributed by atoms with Gasteiger partial charge in [0.2, 0.25) is 5.91 Å². The lowest BCUT2D eigenvalue weighted by atomic mass is 10.1. The topological polar surface area (TPSA) is 109 Å². The Bertz CT molecular complexity index is 2170. The molecule has 5 aromatic carbocycles. The van der Waals surface area contributed by atoms with E-state index in [1.54, 1.807) is 60.7 Å². The summed E-state index contributed by atoms with van der Waals surface area (Å²) in [4.78, 5) is 45.8. The molecule has 8 nitrogen and oxygen atoms in total. The van der Waals surface area contributed by atoms with Gasteiger partial charge >= 0.3 is 0 Å². The first kappa shape index (κ1) is 35.2. The Morgan fingerprint density at radius 3 is 2.20 bits per heavy atom. The summed E-state index contributed by atoms with van der Waals surface area (Å²) in [7, 11) is 1.54. The van der Waals surface area contributed by atoms with Gasteiger partial charge in [-0.25, -0.2) is 4.98 Å². The van der Waals surface area contributed by atoms with Gasteiger partial charge in [0.25, 0.3) is 11.8 Å². The molecule has 11 heteroatoms.